The topological polar surface area (TPSA) is 59.6 Å². The molecule has 3 N–H and O–H groups in total. The zero-order valence-corrected chi connectivity index (χ0v) is 12.2. The van der Waals surface area contributed by atoms with Crippen LogP contribution in [0.5, 0.6) is 0 Å². The third-order valence-electron chi connectivity index (χ3n) is 2.97. The van der Waals surface area contributed by atoms with Crippen LogP contribution in [0.4, 0.5) is 5.69 Å². The first-order valence-electron chi connectivity index (χ1n) is 6.98. The molecule has 0 amide bonds. The van der Waals surface area contributed by atoms with Gasteiger partial charge >= 0.3 is 0 Å². The highest BCUT2D eigenvalue weighted by Crippen LogP contribution is 2.22. The molecule has 4 heteroatoms. The Labute approximate surface area is 116 Å². The molecule has 0 bridgehead atoms. The Morgan fingerprint density at radius 3 is 2.37 bits per heavy atom. The Morgan fingerprint density at radius 1 is 1.21 bits per heavy atom. The number of aliphatic imine (C=N–C) groups is 1. The fraction of sp³-hybridized carbons (Fsp3) is 0.533. The Balaban J connectivity index is 2.74. The van der Waals surface area contributed by atoms with Gasteiger partial charge in [0.25, 0.3) is 0 Å². The molecular weight excluding hydrogens is 238 g/mol. The number of hydrogen-bond acceptors (Lipinski definition) is 2. The van der Waals surface area contributed by atoms with Gasteiger partial charge in [0.15, 0.2) is 5.96 Å². The molecule has 19 heavy (non-hydrogen) atoms. The first kappa shape index (κ1) is 15.5. The number of benzene rings is 1. The van der Waals surface area contributed by atoms with Gasteiger partial charge in [-0.1, -0.05) is 32.0 Å². The summed E-state index contributed by atoms with van der Waals surface area (Å²) in [5.74, 6) is 0.454. The molecule has 0 saturated heterocycles. The molecule has 0 aromatic heterocycles. The average Bonchev–Trinajstić information content (AvgIpc) is 2.43. The van der Waals surface area contributed by atoms with Crippen molar-refractivity contribution in [2.24, 2.45) is 10.7 Å². The van der Waals surface area contributed by atoms with E-state index in [-0.39, 0.29) is 0 Å². The zero-order valence-electron chi connectivity index (χ0n) is 12.2. The minimum Gasteiger partial charge on any atom is -0.380 e. The molecule has 0 aliphatic carbocycles. The van der Waals surface area contributed by atoms with Gasteiger partial charge in [-0.25, -0.2) is 0 Å². The van der Waals surface area contributed by atoms with Gasteiger partial charge in [0.05, 0.1) is 13.2 Å². The summed E-state index contributed by atoms with van der Waals surface area (Å²) in [5.41, 5.74) is 9.55. The summed E-state index contributed by atoms with van der Waals surface area (Å²) in [5, 5.41) is 3.23. The van der Waals surface area contributed by atoms with Crippen LogP contribution in [0.1, 0.15) is 31.9 Å². The second kappa shape index (κ2) is 8.53. The van der Waals surface area contributed by atoms with E-state index in [0.29, 0.717) is 25.7 Å². The largest absolute Gasteiger partial charge is 0.380 e. The van der Waals surface area contributed by atoms with E-state index >= 15 is 0 Å². The average molecular weight is 263 g/mol. The summed E-state index contributed by atoms with van der Waals surface area (Å²) in [6.45, 7) is 8.15. The van der Waals surface area contributed by atoms with Crippen LogP contribution in [-0.2, 0) is 17.6 Å². The third-order valence-corrected chi connectivity index (χ3v) is 2.97. The molecule has 0 unspecified atom stereocenters. The van der Waals surface area contributed by atoms with Crippen LogP contribution in [0, 0.1) is 0 Å². The lowest BCUT2D eigenvalue weighted by molar-refractivity contribution is 0.156. The minimum atomic E-state index is 0.454. The molecule has 0 radical (unpaired) electrons. The normalized spacial score (nSPS) is 11.6. The maximum absolute atomic E-state index is 5.92. The zero-order chi connectivity index (χ0) is 14.1. The number of nitrogens with two attached hydrogens (primary N) is 1. The van der Waals surface area contributed by atoms with E-state index in [1.54, 1.807) is 0 Å². The molecule has 0 aliphatic rings. The van der Waals surface area contributed by atoms with Crippen molar-refractivity contribution in [3.63, 3.8) is 0 Å². The van der Waals surface area contributed by atoms with Crippen molar-refractivity contribution < 1.29 is 4.74 Å². The maximum atomic E-state index is 5.92. The monoisotopic (exact) mass is 263 g/mol. The predicted octanol–water partition coefficient (Wildman–Crippen LogP) is 2.57. The number of aryl methyl sites for hydroxylation is 2. The smallest absolute Gasteiger partial charge is 0.193 e. The van der Waals surface area contributed by atoms with Gasteiger partial charge in [0, 0.05) is 12.3 Å². The van der Waals surface area contributed by atoms with E-state index < -0.39 is 0 Å². The van der Waals surface area contributed by atoms with E-state index in [1.807, 2.05) is 6.92 Å². The molecule has 1 aromatic rings. The number of para-hydroxylation sites is 1. The highest BCUT2D eigenvalue weighted by Gasteiger charge is 2.06. The second-order valence-corrected chi connectivity index (χ2v) is 4.25. The van der Waals surface area contributed by atoms with E-state index in [0.717, 1.165) is 18.5 Å². The number of nitrogens with zero attached hydrogens (tertiary/aromatic N) is 1. The van der Waals surface area contributed by atoms with Crippen molar-refractivity contribution in [1.29, 1.82) is 0 Å². The van der Waals surface area contributed by atoms with Gasteiger partial charge in [-0.3, -0.25) is 4.99 Å². The van der Waals surface area contributed by atoms with Gasteiger partial charge in [-0.15, -0.1) is 0 Å². The number of ether oxygens (including phenoxy) is 1. The van der Waals surface area contributed by atoms with Crippen LogP contribution >= 0.6 is 0 Å². The van der Waals surface area contributed by atoms with Gasteiger partial charge < -0.3 is 15.8 Å². The van der Waals surface area contributed by atoms with Crippen molar-refractivity contribution in [2.75, 3.05) is 25.1 Å². The van der Waals surface area contributed by atoms with Crippen molar-refractivity contribution in [3.05, 3.63) is 29.3 Å². The second-order valence-electron chi connectivity index (χ2n) is 4.25. The maximum Gasteiger partial charge on any atom is 0.193 e. The number of guanidine groups is 1. The van der Waals surface area contributed by atoms with Crippen molar-refractivity contribution in [3.8, 4) is 0 Å². The summed E-state index contributed by atoms with van der Waals surface area (Å²) < 4.78 is 5.23. The van der Waals surface area contributed by atoms with Gasteiger partial charge in [0.1, 0.15) is 0 Å². The lowest BCUT2D eigenvalue weighted by atomic mass is 10.0. The van der Waals surface area contributed by atoms with Gasteiger partial charge in [0.2, 0.25) is 0 Å². The van der Waals surface area contributed by atoms with E-state index in [9.17, 15) is 0 Å². The molecule has 4 nitrogen and oxygen atoms in total. The summed E-state index contributed by atoms with van der Waals surface area (Å²) in [6, 6.07) is 6.33. The molecule has 0 heterocycles. The van der Waals surface area contributed by atoms with Crippen molar-refractivity contribution in [2.45, 2.75) is 33.6 Å². The lowest BCUT2D eigenvalue weighted by Gasteiger charge is -2.14. The highest BCUT2D eigenvalue weighted by molar-refractivity contribution is 5.93. The van der Waals surface area contributed by atoms with Crippen LogP contribution in [0.2, 0.25) is 0 Å². The van der Waals surface area contributed by atoms with Crippen molar-refractivity contribution >= 4 is 11.6 Å². The molecule has 0 saturated carbocycles. The summed E-state index contributed by atoms with van der Waals surface area (Å²) in [4.78, 5) is 4.27. The molecule has 0 fully saturated rings. The Hall–Kier alpha value is -1.55. The molecule has 1 aromatic carbocycles. The lowest BCUT2D eigenvalue weighted by Crippen LogP contribution is -2.24. The van der Waals surface area contributed by atoms with Gasteiger partial charge in [-0.05, 0) is 30.9 Å². The molecule has 0 aliphatic heterocycles. The summed E-state index contributed by atoms with van der Waals surface area (Å²) in [6.07, 6.45) is 1.95. The van der Waals surface area contributed by atoms with Crippen LogP contribution in [-0.4, -0.2) is 25.7 Å². The van der Waals surface area contributed by atoms with E-state index in [2.05, 4.69) is 42.4 Å². The van der Waals surface area contributed by atoms with Crippen LogP contribution in [0.3, 0.4) is 0 Å². The van der Waals surface area contributed by atoms with Crippen molar-refractivity contribution in [1.82, 2.24) is 0 Å². The first-order valence-corrected chi connectivity index (χ1v) is 6.98. The number of rotatable bonds is 7. The number of anilines is 1. The molecule has 106 valence electrons. The Kier molecular flexibility index (Phi) is 6.97. The SMILES string of the molecule is CCOCCN=C(N)Nc1c(CC)cccc1CC. The van der Waals surface area contributed by atoms with Gasteiger partial charge in [-0.2, -0.15) is 0 Å². The highest BCUT2D eigenvalue weighted by atomic mass is 16.5. The molecule has 0 spiro atoms. The summed E-state index contributed by atoms with van der Waals surface area (Å²) >= 11 is 0. The Bertz CT molecular complexity index is 394. The minimum absolute atomic E-state index is 0.454. The standard InChI is InChI=1S/C15H25N3O/c1-4-12-8-7-9-13(5-2)14(12)18-15(16)17-10-11-19-6-3/h7-9H,4-6,10-11H2,1-3H3,(H3,16,17,18). The fourth-order valence-corrected chi connectivity index (χ4v) is 1.95. The van der Waals surface area contributed by atoms with E-state index in [4.69, 9.17) is 10.5 Å². The van der Waals surface area contributed by atoms with Crippen LogP contribution in [0.25, 0.3) is 0 Å². The summed E-state index contributed by atoms with van der Waals surface area (Å²) in [7, 11) is 0. The van der Waals surface area contributed by atoms with Crippen LogP contribution < -0.4 is 11.1 Å². The third kappa shape index (κ3) is 4.91. The predicted molar refractivity (Wildman–Crippen MR) is 81.8 cm³/mol. The van der Waals surface area contributed by atoms with E-state index in [1.165, 1.54) is 11.1 Å². The molecule has 0 atom stereocenters. The molecule has 1 rings (SSSR count). The Morgan fingerprint density at radius 2 is 1.84 bits per heavy atom. The first-order chi connectivity index (χ1) is 9.22. The van der Waals surface area contributed by atoms with Crippen LogP contribution in [0.15, 0.2) is 23.2 Å². The quantitative estimate of drug-likeness (QED) is 0.451. The number of hydrogen-bond donors (Lipinski definition) is 2. The fourth-order valence-electron chi connectivity index (χ4n) is 1.95. The number of nitrogens with one attached hydrogen (secondary N) is 1. The molecular formula is C15H25N3O.